The minimum absolute atomic E-state index is 0.228. The van der Waals surface area contributed by atoms with E-state index in [1.165, 1.54) is 12.8 Å². The summed E-state index contributed by atoms with van der Waals surface area (Å²) in [5.74, 6) is 0. The Morgan fingerprint density at radius 1 is 1.14 bits per heavy atom. The lowest BCUT2D eigenvalue weighted by Crippen LogP contribution is -2.50. The molecule has 0 aliphatic heterocycles. The fourth-order valence-electron chi connectivity index (χ4n) is 2.20. The first-order valence-corrected chi connectivity index (χ1v) is 5.92. The Hall–Kier alpha value is -0.0800. The van der Waals surface area contributed by atoms with Crippen molar-refractivity contribution in [3.05, 3.63) is 0 Å². The van der Waals surface area contributed by atoms with Crippen LogP contribution in [0.3, 0.4) is 0 Å². The summed E-state index contributed by atoms with van der Waals surface area (Å²) in [7, 11) is 2.23. The number of hydrogen-bond acceptors (Lipinski definition) is 2. The molecule has 14 heavy (non-hydrogen) atoms. The van der Waals surface area contributed by atoms with E-state index in [4.69, 9.17) is 0 Å². The van der Waals surface area contributed by atoms with Gasteiger partial charge in [0.25, 0.3) is 0 Å². The van der Waals surface area contributed by atoms with Gasteiger partial charge in [-0.1, -0.05) is 20.8 Å². The lowest BCUT2D eigenvalue weighted by Gasteiger charge is -2.35. The van der Waals surface area contributed by atoms with Gasteiger partial charge in [0.05, 0.1) is 0 Å². The van der Waals surface area contributed by atoms with Gasteiger partial charge in [-0.05, 0) is 40.3 Å². The zero-order valence-electron chi connectivity index (χ0n) is 10.9. The summed E-state index contributed by atoms with van der Waals surface area (Å²) in [6, 6.07) is 0.730. The van der Waals surface area contributed by atoms with Crippen LogP contribution in [0.2, 0.25) is 0 Å². The zero-order chi connectivity index (χ0) is 11.2. The van der Waals surface area contributed by atoms with Crippen molar-refractivity contribution in [3.63, 3.8) is 0 Å². The lowest BCUT2D eigenvalue weighted by atomic mass is 10.0. The van der Waals surface area contributed by atoms with Gasteiger partial charge in [0.1, 0.15) is 0 Å². The molecule has 0 spiro atoms. The quantitative estimate of drug-likeness (QED) is 0.679. The van der Waals surface area contributed by atoms with E-state index in [1.54, 1.807) is 0 Å². The second-order valence-electron chi connectivity index (χ2n) is 4.80. The second-order valence-corrected chi connectivity index (χ2v) is 4.80. The van der Waals surface area contributed by atoms with Gasteiger partial charge in [0, 0.05) is 18.1 Å². The molecule has 0 aliphatic rings. The normalized spacial score (nSPS) is 12.9. The van der Waals surface area contributed by atoms with Gasteiger partial charge in [-0.2, -0.15) is 0 Å². The molecule has 0 saturated carbocycles. The van der Waals surface area contributed by atoms with E-state index in [-0.39, 0.29) is 5.54 Å². The molecule has 0 aromatic heterocycles. The topological polar surface area (TPSA) is 15.3 Å². The second kappa shape index (κ2) is 6.41. The maximum atomic E-state index is 3.51. The molecule has 0 unspecified atom stereocenters. The first-order valence-electron chi connectivity index (χ1n) is 5.92. The third-order valence-electron chi connectivity index (χ3n) is 2.87. The van der Waals surface area contributed by atoms with Gasteiger partial charge in [-0.3, -0.25) is 0 Å². The molecule has 0 aromatic carbocycles. The number of likely N-dealkylation sites (N-methyl/N-ethyl adjacent to an activating group) is 2. The molecule has 0 atom stereocenters. The number of hydrogen-bond donors (Lipinski definition) is 1. The number of nitrogens with zero attached hydrogens (tertiary/aromatic N) is 1. The molecule has 0 aromatic rings. The molecular formula is C12H28N2. The maximum Gasteiger partial charge on any atom is 0.0252 e. The molecule has 0 bridgehead atoms. The highest BCUT2D eigenvalue weighted by molar-refractivity contribution is 4.82. The SMILES string of the molecule is CCNC(C)(C)CN(C)C(CC)CC. The van der Waals surface area contributed by atoms with Crippen molar-refractivity contribution in [3.8, 4) is 0 Å². The molecule has 86 valence electrons. The molecule has 0 radical (unpaired) electrons. The van der Waals surface area contributed by atoms with Crippen LogP contribution < -0.4 is 5.32 Å². The minimum atomic E-state index is 0.228. The first kappa shape index (κ1) is 13.9. The van der Waals surface area contributed by atoms with Crippen molar-refractivity contribution in [1.29, 1.82) is 0 Å². The van der Waals surface area contributed by atoms with Gasteiger partial charge in [0.15, 0.2) is 0 Å². The Balaban J connectivity index is 4.07. The number of nitrogens with one attached hydrogen (secondary N) is 1. The minimum Gasteiger partial charge on any atom is -0.311 e. The summed E-state index contributed by atoms with van der Waals surface area (Å²) in [4.78, 5) is 2.47. The Morgan fingerprint density at radius 2 is 1.64 bits per heavy atom. The van der Waals surface area contributed by atoms with E-state index in [2.05, 4.69) is 51.9 Å². The van der Waals surface area contributed by atoms with Crippen molar-refractivity contribution >= 4 is 0 Å². The van der Waals surface area contributed by atoms with Gasteiger partial charge in [0.2, 0.25) is 0 Å². The van der Waals surface area contributed by atoms with Crippen LogP contribution in [0.25, 0.3) is 0 Å². The van der Waals surface area contributed by atoms with Crippen molar-refractivity contribution in [1.82, 2.24) is 10.2 Å². The number of rotatable bonds is 7. The monoisotopic (exact) mass is 200 g/mol. The predicted octanol–water partition coefficient (Wildman–Crippen LogP) is 2.49. The fourth-order valence-corrected chi connectivity index (χ4v) is 2.20. The van der Waals surface area contributed by atoms with E-state index in [9.17, 15) is 0 Å². The Labute approximate surface area is 90.1 Å². The molecular weight excluding hydrogens is 172 g/mol. The van der Waals surface area contributed by atoms with Crippen molar-refractivity contribution < 1.29 is 0 Å². The molecule has 2 nitrogen and oxygen atoms in total. The van der Waals surface area contributed by atoms with Crippen LogP contribution in [-0.2, 0) is 0 Å². The summed E-state index contributed by atoms with van der Waals surface area (Å²) < 4.78 is 0. The zero-order valence-corrected chi connectivity index (χ0v) is 10.9. The molecule has 0 rings (SSSR count). The average molecular weight is 200 g/mol. The van der Waals surface area contributed by atoms with Crippen LogP contribution in [0, 0.1) is 0 Å². The highest BCUT2D eigenvalue weighted by Gasteiger charge is 2.21. The highest BCUT2D eigenvalue weighted by Crippen LogP contribution is 2.11. The molecule has 0 aliphatic carbocycles. The third-order valence-corrected chi connectivity index (χ3v) is 2.87. The summed E-state index contributed by atoms with van der Waals surface area (Å²) in [6.07, 6.45) is 2.49. The van der Waals surface area contributed by atoms with E-state index in [1.807, 2.05) is 0 Å². The van der Waals surface area contributed by atoms with Crippen molar-refractivity contribution in [2.45, 2.75) is 59.0 Å². The van der Waals surface area contributed by atoms with Crippen LogP contribution in [0.1, 0.15) is 47.5 Å². The highest BCUT2D eigenvalue weighted by atomic mass is 15.2. The fraction of sp³-hybridized carbons (Fsp3) is 1.00. The van der Waals surface area contributed by atoms with E-state index < -0.39 is 0 Å². The van der Waals surface area contributed by atoms with E-state index in [0.717, 1.165) is 19.1 Å². The average Bonchev–Trinajstić information content (AvgIpc) is 2.04. The summed E-state index contributed by atoms with van der Waals surface area (Å²) in [6.45, 7) is 13.4. The van der Waals surface area contributed by atoms with Gasteiger partial charge < -0.3 is 10.2 Å². The third kappa shape index (κ3) is 4.97. The summed E-state index contributed by atoms with van der Waals surface area (Å²) in [5.41, 5.74) is 0.228. The molecule has 1 N–H and O–H groups in total. The Morgan fingerprint density at radius 3 is 2.00 bits per heavy atom. The smallest absolute Gasteiger partial charge is 0.0252 e. The lowest BCUT2D eigenvalue weighted by molar-refractivity contribution is 0.174. The van der Waals surface area contributed by atoms with Crippen molar-refractivity contribution in [2.75, 3.05) is 20.1 Å². The van der Waals surface area contributed by atoms with E-state index in [0.29, 0.717) is 0 Å². The summed E-state index contributed by atoms with van der Waals surface area (Å²) >= 11 is 0. The molecule has 2 heteroatoms. The van der Waals surface area contributed by atoms with Gasteiger partial charge in [-0.25, -0.2) is 0 Å². The first-order chi connectivity index (χ1) is 6.46. The molecule has 0 amide bonds. The molecule has 0 heterocycles. The van der Waals surface area contributed by atoms with Crippen LogP contribution in [-0.4, -0.2) is 36.6 Å². The van der Waals surface area contributed by atoms with Crippen LogP contribution in [0.15, 0.2) is 0 Å². The van der Waals surface area contributed by atoms with Crippen LogP contribution in [0.5, 0.6) is 0 Å². The maximum absolute atomic E-state index is 3.51. The Bertz CT molecular complexity index is 139. The standard InChI is InChI=1S/C12H28N2/c1-7-11(8-2)14(6)10-12(4,5)13-9-3/h11,13H,7-10H2,1-6H3. The van der Waals surface area contributed by atoms with Gasteiger partial charge in [-0.15, -0.1) is 0 Å². The molecule has 0 fully saturated rings. The summed E-state index contributed by atoms with van der Waals surface area (Å²) in [5, 5.41) is 3.51. The Kier molecular flexibility index (Phi) is 6.38. The van der Waals surface area contributed by atoms with Crippen LogP contribution in [0.4, 0.5) is 0 Å². The van der Waals surface area contributed by atoms with Crippen LogP contribution >= 0.6 is 0 Å². The van der Waals surface area contributed by atoms with Crippen molar-refractivity contribution in [2.24, 2.45) is 0 Å². The predicted molar refractivity (Wildman–Crippen MR) is 64.8 cm³/mol. The van der Waals surface area contributed by atoms with E-state index >= 15 is 0 Å². The molecule has 0 saturated heterocycles. The van der Waals surface area contributed by atoms with Gasteiger partial charge >= 0.3 is 0 Å². The largest absolute Gasteiger partial charge is 0.311 e.